The molecule has 0 aliphatic rings. The van der Waals surface area contributed by atoms with Gasteiger partial charge in [-0.2, -0.15) is 0 Å². The van der Waals surface area contributed by atoms with E-state index < -0.39 is 0 Å². The summed E-state index contributed by atoms with van der Waals surface area (Å²) in [6, 6.07) is 21.5. The summed E-state index contributed by atoms with van der Waals surface area (Å²) in [5.74, 6) is 2.30. The van der Waals surface area contributed by atoms with Crippen molar-refractivity contribution in [1.82, 2.24) is 0 Å². The second kappa shape index (κ2) is 5.16. The molecule has 0 aliphatic heterocycles. The molecule has 0 bridgehead atoms. The van der Waals surface area contributed by atoms with E-state index in [-0.39, 0.29) is 0 Å². The number of rotatable bonds is 3. The summed E-state index contributed by atoms with van der Waals surface area (Å²) in [6.07, 6.45) is 0. The van der Waals surface area contributed by atoms with Gasteiger partial charge in [0.05, 0.1) is 0 Å². The molecule has 0 N–H and O–H groups in total. The summed E-state index contributed by atoms with van der Waals surface area (Å²) < 4.78 is 0. The third-order valence-electron chi connectivity index (χ3n) is 2.44. The molecule has 0 aliphatic carbocycles. The van der Waals surface area contributed by atoms with Gasteiger partial charge in [-0.1, -0.05) is 0 Å². The Morgan fingerprint density at radius 2 is 1.13 bits per heavy atom. The third-order valence-corrected chi connectivity index (χ3v) is 4.57. The topological polar surface area (TPSA) is 0 Å². The van der Waals surface area contributed by atoms with Gasteiger partial charge in [-0.3, -0.25) is 0 Å². The van der Waals surface area contributed by atoms with Gasteiger partial charge in [0.25, 0.3) is 0 Å². The fraction of sp³-hybridized carbons (Fsp3) is 0.143. The first-order valence-electron chi connectivity index (χ1n) is 5.04. The van der Waals surface area contributed by atoms with Gasteiger partial charge >= 0.3 is 97.4 Å². The normalized spacial score (nSPS) is 10.5. The molecule has 76 valence electrons. The van der Waals surface area contributed by atoms with Crippen molar-refractivity contribution < 1.29 is 0 Å². The molecule has 0 radical (unpaired) electrons. The van der Waals surface area contributed by atoms with Crippen molar-refractivity contribution >= 4 is 15.0 Å². The minimum absolute atomic E-state index is 0.597. The van der Waals surface area contributed by atoms with Gasteiger partial charge < -0.3 is 0 Å². The summed E-state index contributed by atoms with van der Waals surface area (Å²) in [5, 5.41) is 0. The summed E-state index contributed by atoms with van der Waals surface area (Å²) >= 11 is 0.600. The van der Waals surface area contributed by atoms with Crippen molar-refractivity contribution in [3.05, 3.63) is 71.8 Å². The molecule has 0 atom stereocenters. The van der Waals surface area contributed by atoms with Gasteiger partial charge in [0.2, 0.25) is 0 Å². The van der Waals surface area contributed by atoms with E-state index in [1.165, 1.54) is 11.1 Å². The molecule has 0 saturated heterocycles. The molecule has 2 aromatic carbocycles. The van der Waals surface area contributed by atoms with Crippen LogP contribution in [0.15, 0.2) is 60.7 Å². The van der Waals surface area contributed by atoms with Crippen LogP contribution in [0.4, 0.5) is 0 Å². The molecule has 0 amide bonds. The fourth-order valence-corrected chi connectivity index (χ4v) is 3.52. The van der Waals surface area contributed by atoms with E-state index in [2.05, 4.69) is 66.5 Å². The van der Waals surface area contributed by atoms with Crippen molar-refractivity contribution in [2.75, 3.05) is 0 Å². The molecule has 0 unspecified atom stereocenters. The van der Waals surface area contributed by atoms with Crippen molar-refractivity contribution in [2.24, 2.45) is 0 Å². The van der Waals surface area contributed by atoms with Crippen LogP contribution in [-0.4, -0.2) is 15.0 Å². The van der Waals surface area contributed by atoms with E-state index in [0.29, 0.717) is 19.8 Å². The van der Waals surface area contributed by atoms with Crippen LogP contribution < -0.4 is 0 Å². The maximum absolute atomic E-state index is 2.30. The second-order valence-electron chi connectivity index (χ2n) is 3.44. The Kier molecular flexibility index (Phi) is 3.60. The number of hydrogen-bond donors (Lipinski definition) is 0. The van der Waals surface area contributed by atoms with Gasteiger partial charge in [-0.25, -0.2) is 0 Å². The van der Waals surface area contributed by atoms with E-state index >= 15 is 0 Å². The number of benzene rings is 2. The molecular formula is C14H14Se. The third kappa shape index (κ3) is 2.50. The predicted molar refractivity (Wildman–Crippen MR) is 66.3 cm³/mol. The Labute approximate surface area is 97.5 Å². The Hall–Kier alpha value is -1.04. The van der Waals surface area contributed by atoms with Gasteiger partial charge in [-0.05, 0) is 0 Å². The molecule has 2 rings (SSSR count). The predicted octanol–water partition coefficient (Wildman–Crippen LogP) is 3.53. The first-order valence-corrected chi connectivity index (χ1v) is 7.74. The zero-order valence-corrected chi connectivity index (χ0v) is 10.5. The molecule has 0 aromatic heterocycles. The van der Waals surface area contributed by atoms with E-state index in [9.17, 15) is 0 Å². The van der Waals surface area contributed by atoms with E-state index in [1.54, 1.807) is 0 Å². The molecular weight excluding hydrogens is 247 g/mol. The van der Waals surface area contributed by atoms with Crippen molar-refractivity contribution in [1.29, 1.82) is 0 Å². The monoisotopic (exact) mass is 262 g/mol. The zero-order chi connectivity index (χ0) is 10.5. The minimum atomic E-state index is 0.597. The second-order valence-corrected chi connectivity index (χ2v) is 5.42. The van der Waals surface area contributed by atoms with Crippen LogP contribution in [0.1, 0.15) is 15.9 Å². The Balaban J connectivity index is 2.34. The van der Waals surface area contributed by atoms with Crippen LogP contribution in [0, 0.1) is 0 Å². The Morgan fingerprint density at radius 3 is 1.47 bits per heavy atom. The van der Waals surface area contributed by atoms with Crippen molar-refractivity contribution in [2.45, 2.75) is 10.6 Å². The average molecular weight is 261 g/mol. The summed E-state index contributed by atoms with van der Waals surface area (Å²) in [7, 11) is 0. The molecule has 1 heteroatoms. The van der Waals surface area contributed by atoms with Gasteiger partial charge in [0, 0.05) is 0 Å². The summed E-state index contributed by atoms with van der Waals surface area (Å²) in [5.41, 5.74) is 2.87. The first-order chi connectivity index (χ1) is 7.42. The van der Waals surface area contributed by atoms with Crippen LogP contribution in [-0.2, 0) is 0 Å². The fourth-order valence-electron chi connectivity index (χ4n) is 1.72. The molecule has 0 fully saturated rings. The SMILES string of the molecule is C[Se]C(c1ccccc1)c1ccccc1. The van der Waals surface area contributed by atoms with E-state index in [1.807, 2.05) is 0 Å². The zero-order valence-electron chi connectivity index (χ0n) is 8.76. The molecule has 2 aromatic rings. The molecule has 0 nitrogen and oxygen atoms in total. The maximum atomic E-state index is 2.30. The van der Waals surface area contributed by atoms with Gasteiger partial charge in [0.15, 0.2) is 0 Å². The molecule has 15 heavy (non-hydrogen) atoms. The standard InChI is InChI=1S/C14H14Se/c1-15-14(12-8-4-2-5-9-12)13-10-6-3-7-11-13/h2-11,14H,1H3. The van der Waals surface area contributed by atoms with Crippen LogP contribution in [0.2, 0.25) is 5.82 Å². The summed E-state index contributed by atoms with van der Waals surface area (Å²) in [4.78, 5) is 0.597. The van der Waals surface area contributed by atoms with E-state index in [4.69, 9.17) is 0 Å². The number of hydrogen-bond acceptors (Lipinski definition) is 0. The average Bonchev–Trinajstić information content (AvgIpc) is 2.33. The van der Waals surface area contributed by atoms with Gasteiger partial charge in [0.1, 0.15) is 0 Å². The first kappa shape index (κ1) is 10.5. The van der Waals surface area contributed by atoms with Crippen LogP contribution >= 0.6 is 0 Å². The molecule has 0 heterocycles. The Morgan fingerprint density at radius 1 is 0.733 bits per heavy atom. The quantitative estimate of drug-likeness (QED) is 0.741. The molecule has 0 spiro atoms. The summed E-state index contributed by atoms with van der Waals surface area (Å²) in [6.45, 7) is 0. The Bertz CT molecular complexity index is 355. The van der Waals surface area contributed by atoms with Crippen LogP contribution in [0.5, 0.6) is 0 Å². The van der Waals surface area contributed by atoms with Gasteiger partial charge in [-0.15, -0.1) is 0 Å². The van der Waals surface area contributed by atoms with Crippen molar-refractivity contribution in [3.8, 4) is 0 Å². The van der Waals surface area contributed by atoms with Crippen LogP contribution in [0.3, 0.4) is 0 Å². The van der Waals surface area contributed by atoms with Crippen molar-refractivity contribution in [3.63, 3.8) is 0 Å². The molecule has 0 saturated carbocycles. The van der Waals surface area contributed by atoms with E-state index in [0.717, 1.165) is 0 Å². The van der Waals surface area contributed by atoms with Crippen LogP contribution in [0.25, 0.3) is 0 Å².